The Kier molecular flexibility index (Phi) is 4.06. The van der Waals surface area contributed by atoms with E-state index in [4.69, 9.17) is 4.98 Å². The van der Waals surface area contributed by atoms with Gasteiger partial charge < -0.3 is 0 Å². The van der Waals surface area contributed by atoms with E-state index in [-0.39, 0.29) is 5.41 Å². The average molecular weight is 472 g/mol. The second-order valence-electron chi connectivity index (χ2n) is 10.8. The molecule has 0 atom stereocenters. The first-order chi connectivity index (χ1) is 18.1. The molecule has 1 heteroatoms. The SMILES string of the molecule is CC1(C)c2cc(-c3ccc4ccccc4n3)ccc2-c2ccc3c4ccccc4c4ccccc4c3c21. The molecule has 37 heavy (non-hydrogen) atoms. The molecule has 1 aromatic heterocycles. The topological polar surface area (TPSA) is 12.9 Å². The molecule has 0 aliphatic heterocycles. The Morgan fingerprint density at radius 1 is 0.541 bits per heavy atom. The molecule has 6 aromatic carbocycles. The predicted octanol–water partition coefficient (Wildman–Crippen LogP) is 9.67. The van der Waals surface area contributed by atoms with E-state index in [1.165, 1.54) is 65.5 Å². The lowest BCUT2D eigenvalue weighted by Gasteiger charge is -2.25. The van der Waals surface area contributed by atoms with Crippen LogP contribution in [0.15, 0.2) is 115 Å². The number of fused-ring (bicyclic) bond motifs is 11. The first-order valence-corrected chi connectivity index (χ1v) is 13.0. The third kappa shape index (κ3) is 2.77. The van der Waals surface area contributed by atoms with E-state index in [1.807, 2.05) is 0 Å². The van der Waals surface area contributed by atoms with E-state index < -0.39 is 0 Å². The van der Waals surface area contributed by atoms with Crippen molar-refractivity contribution in [3.8, 4) is 22.4 Å². The summed E-state index contributed by atoms with van der Waals surface area (Å²) in [5.74, 6) is 0. The molecule has 0 bridgehead atoms. The molecule has 7 aromatic rings. The van der Waals surface area contributed by atoms with E-state index in [2.05, 4.69) is 129 Å². The van der Waals surface area contributed by atoms with Crippen molar-refractivity contribution in [2.45, 2.75) is 19.3 Å². The van der Waals surface area contributed by atoms with Gasteiger partial charge in [0.15, 0.2) is 0 Å². The number of hydrogen-bond acceptors (Lipinski definition) is 1. The van der Waals surface area contributed by atoms with E-state index >= 15 is 0 Å². The smallest absolute Gasteiger partial charge is 0.0709 e. The number of para-hydroxylation sites is 1. The standard InChI is InChI=1S/C36H25N/c1-36(2)31-21-23(33-20-16-22-9-3-8-14-32(22)37-33)15-17-27(31)30-19-18-29-26-12-5-4-10-24(26)25-11-6-7-13-28(25)34(29)35(30)36/h3-21H,1-2H3. The summed E-state index contributed by atoms with van der Waals surface area (Å²) in [6, 6.07) is 42.0. The molecule has 0 amide bonds. The zero-order valence-electron chi connectivity index (χ0n) is 20.9. The molecular formula is C36H25N. The van der Waals surface area contributed by atoms with Crippen molar-refractivity contribution in [3.05, 3.63) is 126 Å². The van der Waals surface area contributed by atoms with Crippen molar-refractivity contribution in [2.75, 3.05) is 0 Å². The molecule has 8 rings (SSSR count). The lowest BCUT2D eigenvalue weighted by molar-refractivity contribution is 0.667. The summed E-state index contributed by atoms with van der Waals surface area (Å²) in [4.78, 5) is 4.99. The van der Waals surface area contributed by atoms with Crippen LogP contribution in [-0.2, 0) is 5.41 Å². The van der Waals surface area contributed by atoms with Gasteiger partial charge >= 0.3 is 0 Å². The van der Waals surface area contributed by atoms with Gasteiger partial charge in [-0.25, -0.2) is 4.98 Å². The summed E-state index contributed by atoms with van der Waals surface area (Å²) in [6.45, 7) is 4.78. The van der Waals surface area contributed by atoms with Crippen LogP contribution in [0.3, 0.4) is 0 Å². The van der Waals surface area contributed by atoms with Crippen LogP contribution < -0.4 is 0 Å². The number of rotatable bonds is 1. The van der Waals surface area contributed by atoms with E-state index in [0.717, 1.165) is 11.2 Å². The highest BCUT2D eigenvalue weighted by molar-refractivity contribution is 6.27. The normalized spacial score (nSPS) is 13.9. The van der Waals surface area contributed by atoms with Gasteiger partial charge in [0.1, 0.15) is 0 Å². The molecule has 1 aliphatic rings. The molecule has 0 unspecified atom stereocenters. The van der Waals surface area contributed by atoms with Gasteiger partial charge in [-0.05, 0) is 72.8 Å². The van der Waals surface area contributed by atoms with Crippen LogP contribution in [0.2, 0.25) is 0 Å². The lowest BCUT2D eigenvalue weighted by atomic mass is 9.78. The summed E-state index contributed by atoms with van der Waals surface area (Å²) in [6.07, 6.45) is 0. The monoisotopic (exact) mass is 471 g/mol. The van der Waals surface area contributed by atoms with E-state index in [9.17, 15) is 0 Å². The second kappa shape index (κ2) is 7.27. The van der Waals surface area contributed by atoms with Gasteiger partial charge in [0.05, 0.1) is 11.2 Å². The Balaban J connectivity index is 1.42. The summed E-state index contributed by atoms with van der Waals surface area (Å²) in [5, 5.41) is 9.21. The molecule has 174 valence electrons. The Labute approximate surface area is 216 Å². The first-order valence-electron chi connectivity index (χ1n) is 13.0. The molecule has 1 nitrogen and oxygen atoms in total. The fraction of sp³-hybridized carbons (Fsp3) is 0.0833. The van der Waals surface area contributed by atoms with Crippen LogP contribution in [-0.4, -0.2) is 4.98 Å². The van der Waals surface area contributed by atoms with Crippen LogP contribution in [0.4, 0.5) is 0 Å². The van der Waals surface area contributed by atoms with Crippen LogP contribution >= 0.6 is 0 Å². The Morgan fingerprint density at radius 2 is 1.16 bits per heavy atom. The second-order valence-corrected chi connectivity index (χ2v) is 10.8. The van der Waals surface area contributed by atoms with Crippen LogP contribution in [0, 0.1) is 0 Å². The summed E-state index contributed by atoms with van der Waals surface area (Å²) in [7, 11) is 0. The molecule has 1 heterocycles. The van der Waals surface area contributed by atoms with Gasteiger partial charge in [0.2, 0.25) is 0 Å². The number of nitrogens with zero attached hydrogens (tertiary/aromatic N) is 1. The van der Waals surface area contributed by atoms with Gasteiger partial charge in [-0.15, -0.1) is 0 Å². The van der Waals surface area contributed by atoms with E-state index in [1.54, 1.807) is 0 Å². The molecule has 0 saturated heterocycles. The Bertz CT molecular complexity index is 2030. The van der Waals surface area contributed by atoms with Crippen molar-refractivity contribution in [3.63, 3.8) is 0 Å². The number of benzene rings is 6. The highest BCUT2D eigenvalue weighted by Crippen LogP contribution is 2.54. The van der Waals surface area contributed by atoms with Crippen molar-refractivity contribution in [2.24, 2.45) is 0 Å². The average Bonchev–Trinajstić information content (AvgIpc) is 3.19. The third-order valence-corrected chi connectivity index (χ3v) is 8.41. The maximum absolute atomic E-state index is 4.99. The van der Waals surface area contributed by atoms with Crippen molar-refractivity contribution in [1.82, 2.24) is 4.98 Å². The van der Waals surface area contributed by atoms with Gasteiger partial charge in [-0.2, -0.15) is 0 Å². The fourth-order valence-electron chi connectivity index (χ4n) is 6.69. The van der Waals surface area contributed by atoms with Gasteiger partial charge in [0, 0.05) is 16.4 Å². The van der Waals surface area contributed by atoms with Crippen molar-refractivity contribution >= 4 is 43.2 Å². The quantitative estimate of drug-likeness (QED) is 0.217. The zero-order valence-corrected chi connectivity index (χ0v) is 20.9. The van der Waals surface area contributed by atoms with Crippen LogP contribution in [0.5, 0.6) is 0 Å². The van der Waals surface area contributed by atoms with Crippen molar-refractivity contribution < 1.29 is 0 Å². The summed E-state index contributed by atoms with van der Waals surface area (Å²) >= 11 is 0. The largest absolute Gasteiger partial charge is 0.248 e. The molecule has 0 N–H and O–H groups in total. The van der Waals surface area contributed by atoms with Gasteiger partial charge in [0.25, 0.3) is 0 Å². The maximum Gasteiger partial charge on any atom is 0.0709 e. The molecular weight excluding hydrogens is 446 g/mol. The third-order valence-electron chi connectivity index (χ3n) is 8.41. The lowest BCUT2D eigenvalue weighted by Crippen LogP contribution is -2.16. The minimum atomic E-state index is -0.137. The first kappa shape index (κ1) is 20.7. The number of pyridine rings is 1. The molecule has 0 saturated carbocycles. The van der Waals surface area contributed by atoms with Crippen LogP contribution in [0.1, 0.15) is 25.0 Å². The van der Waals surface area contributed by atoms with Crippen molar-refractivity contribution in [1.29, 1.82) is 0 Å². The number of hydrogen-bond donors (Lipinski definition) is 0. The summed E-state index contributed by atoms with van der Waals surface area (Å²) in [5.41, 5.74) is 8.59. The zero-order chi connectivity index (χ0) is 24.7. The summed E-state index contributed by atoms with van der Waals surface area (Å²) < 4.78 is 0. The van der Waals surface area contributed by atoms with Gasteiger partial charge in [-0.1, -0.05) is 111 Å². The Morgan fingerprint density at radius 3 is 1.95 bits per heavy atom. The Hall–Kier alpha value is -4.49. The van der Waals surface area contributed by atoms with Crippen LogP contribution in [0.25, 0.3) is 65.6 Å². The predicted molar refractivity (Wildman–Crippen MR) is 157 cm³/mol. The molecule has 1 aliphatic carbocycles. The van der Waals surface area contributed by atoms with Gasteiger partial charge in [-0.3, -0.25) is 0 Å². The molecule has 0 spiro atoms. The highest BCUT2D eigenvalue weighted by Gasteiger charge is 2.37. The maximum atomic E-state index is 4.99. The number of aromatic nitrogens is 1. The minimum Gasteiger partial charge on any atom is -0.248 e. The molecule has 0 fully saturated rings. The minimum absolute atomic E-state index is 0.137. The molecule has 0 radical (unpaired) electrons. The fourth-order valence-corrected chi connectivity index (χ4v) is 6.69. The highest BCUT2D eigenvalue weighted by atomic mass is 14.7. The van der Waals surface area contributed by atoms with E-state index in [0.29, 0.717) is 0 Å².